The van der Waals surface area contributed by atoms with E-state index in [0.29, 0.717) is 59.5 Å². The Bertz CT molecular complexity index is 2050. The predicted octanol–water partition coefficient (Wildman–Crippen LogP) is 5.91. The van der Waals surface area contributed by atoms with Gasteiger partial charge >= 0.3 is 0 Å². The van der Waals surface area contributed by atoms with Gasteiger partial charge < -0.3 is 79.4 Å². The SMILES string of the molecule is COCCOC(CN/N=C/c1c(O)c(O)c(C(C)C)c2cc(C)c(-c3c(C)cc4c(C(C)C)c(O)c(O)c(/C=N/NCC(OCCOC)OCCOC)c4c3O)c(O)c12)OCCOC. The third-order valence-corrected chi connectivity index (χ3v) is 10.4. The van der Waals surface area contributed by atoms with Gasteiger partial charge in [0.15, 0.2) is 35.6 Å². The number of ether oxygens (including phenoxy) is 8. The Balaban J connectivity index is 1.91. The Kier molecular flexibility index (Phi) is 19.9. The van der Waals surface area contributed by atoms with Crippen LogP contribution >= 0.6 is 0 Å². The van der Waals surface area contributed by atoms with E-state index >= 15 is 0 Å². The highest BCUT2D eigenvalue weighted by Crippen LogP contribution is 2.54. The number of hydrogen-bond donors (Lipinski definition) is 8. The number of benzene rings is 4. The number of nitrogens with zero attached hydrogens (tertiary/aromatic N) is 2. The first kappa shape index (κ1) is 51.5. The molecule has 64 heavy (non-hydrogen) atoms. The monoisotopic (exact) mass is 898 g/mol. The maximum atomic E-state index is 12.5. The van der Waals surface area contributed by atoms with Gasteiger partial charge in [-0.3, -0.25) is 0 Å². The van der Waals surface area contributed by atoms with Gasteiger partial charge in [0.05, 0.1) is 89.5 Å². The van der Waals surface area contributed by atoms with Gasteiger partial charge in [-0.2, -0.15) is 10.2 Å². The van der Waals surface area contributed by atoms with Crippen LogP contribution in [0.1, 0.15) is 72.9 Å². The average molecular weight is 899 g/mol. The first-order valence-electron chi connectivity index (χ1n) is 21.1. The van der Waals surface area contributed by atoms with E-state index in [4.69, 9.17) is 37.9 Å². The van der Waals surface area contributed by atoms with Crippen molar-refractivity contribution >= 4 is 34.0 Å². The highest BCUT2D eigenvalue weighted by Gasteiger charge is 2.30. The van der Waals surface area contributed by atoms with E-state index in [2.05, 4.69) is 21.1 Å². The fourth-order valence-corrected chi connectivity index (χ4v) is 7.48. The Morgan fingerprint density at radius 2 is 0.797 bits per heavy atom. The molecule has 0 unspecified atom stereocenters. The molecule has 354 valence electrons. The number of aryl methyl sites for hydroxylation is 2. The number of phenols is 6. The summed E-state index contributed by atoms with van der Waals surface area (Å²) in [5.41, 5.74) is 8.00. The van der Waals surface area contributed by atoms with Crippen LogP contribution < -0.4 is 10.9 Å². The quantitative estimate of drug-likeness (QED) is 0.0114. The number of nitrogens with one attached hydrogen (secondary N) is 2. The molecule has 0 saturated heterocycles. The third-order valence-electron chi connectivity index (χ3n) is 10.4. The minimum atomic E-state index is -0.730. The molecular formula is C46H66N4O14. The van der Waals surface area contributed by atoms with E-state index in [1.54, 1.807) is 54.4 Å². The van der Waals surface area contributed by atoms with Gasteiger partial charge in [-0.05, 0) is 47.6 Å². The van der Waals surface area contributed by atoms with E-state index in [1.807, 2.05) is 27.7 Å². The minimum absolute atomic E-state index is 0.00232. The fraction of sp³-hybridized carbons (Fsp3) is 0.522. The fourth-order valence-electron chi connectivity index (χ4n) is 7.48. The summed E-state index contributed by atoms with van der Waals surface area (Å²) in [7, 11) is 6.23. The van der Waals surface area contributed by atoms with Crippen LogP contribution in [0.3, 0.4) is 0 Å². The molecule has 0 amide bonds. The molecule has 0 heterocycles. The molecule has 0 aliphatic heterocycles. The third kappa shape index (κ3) is 12.1. The lowest BCUT2D eigenvalue weighted by Gasteiger charge is -2.23. The summed E-state index contributed by atoms with van der Waals surface area (Å²) in [4.78, 5) is 0. The van der Waals surface area contributed by atoms with Gasteiger partial charge in [0.2, 0.25) is 0 Å². The number of hydrogen-bond acceptors (Lipinski definition) is 18. The number of fused-ring (bicyclic) bond motifs is 2. The number of rotatable bonds is 27. The smallest absolute Gasteiger partial charge is 0.176 e. The van der Waals surface area contributed by atoms with Crippen molar-refractivity contribution < 1.29 is 68.5 Å². The highest BCUT2D eigenvalue weighted by atomic mass is 16.7. The van der Waals surface area contributed by atoms with Crippen LogP contribution in [-0.2, 0) is 37.9 Å². The second-order valence-corrected chi connectivity index (χ2v) is 15.6. The Morgan fingerprint density at radius 3 is 1.08 bits per heavy atom. The van der Waals surface area contributed by atoms with Crippen LogP contribution in [0.5, 0.6) is 34.5 Å². The Morgan fingerprint density at radius 1 is 0.484 bits per heavy atom. The molecule has 0 aliphatic rings. The molecule has 0 bridgehead atoms. The van der Waals surface area contributed by atoms with Crippen molar-refractivity contribution in [1.29, 1.82) is 0 Å². The van der Waals surface area contributed by atoms with Crippen molar-refractivity contribution in [3.63, 3.8) is 0 Å². The summed E-state index contributed by atoms with van der Waals surface area (Å²) in [6.45, 7) is 13.5. The molecule has 18 heteroatoms. The van der Waals surface area contributed by atoms with E-state index < -0.39 is 24.1 Å². The Labute approximate surface area is 374 Å². The second kappa shape index (κ2) is 24.8. The molecule has 0 fully saturated rings. The lowest BCUT2D eigenvalue weighted by molar-refractivity contribution is -0.152. The van der Waals surface area contributed by atoms with Crippen molar-refractivity contribution in [2.24, 2.45) is 10.2 Å². The second-order valence-electron chi connectivity index (χ2n) is 15.6. The highest BCUT2D eigenvalue weighted by molar-refractivity contribution is 6.15. The molecular weight excluding hydrogens is 833 g/mol. The molecule has 8 N–H and O–H groups in total. The zero-order valence-electron chi connectivity index (χ0n) is 38.5. The summed E-state index contributed by atoms with van der Waals surface area (Å²) in [5.74, 6) is -2.98. The van der Waals surface area contributed by atoms with Crippen LogP contribution in [0.25, 0.3) is 32.7 Å². The number of methoxy groups -OCH3 is 4. The van der Waals surface area contributed by atoms with Crippen molar-refractivity contribution in [2.75, 3.05) is 94.4 Å². The molecule has 0 saturated carbocycles. The summed E-state index contributed by atoms with van der Waals surface area (Å²) >= 11 is 0. The lowest BCUT2D eigenvalue weighted by atomic mass is 9.83. The van der Waals surface area contributed by atoms with E-state index in [1.165, 1.54) is 12.4 Å². The zero-order chi connectivity index (χ0) is 47.1. The molecule has 0 spiro atoms. The van der Waals surface area contributed by atoms with Crippen LogP contribution in [0, 0.1) is 13.8 Å². The van der Waals surface area contributed by atoms with Crippen molar-refractivity contribution in [2.45, 2.75) is 66.0 Å². The van der Waals surface area contributed by atoms with Crippen molar-refractivity contribution in [1.82, 2.24) is 10.9 Å². The summed E-state index contributed by atoms with van der Waals surface area (Å²) < 4.78 is 43.3. The topological polar surface area (TPSA) is 244 Å². The van der Waals surface area contributed by atoms with Gasteiger partial charge in [0.25, 0.3) is 0 Å². The molecule has 0 aliphatic carbocycles. The van der Waals surface area contributed by atoms with Crippen LogP contribution in [0.2, 0.25) is 0 Å². The first-order valence-corrected chi connectivity index (χ1v) is 21.1. The minimum Gasteiger partial charge on any atom is -0.507 e. The standard InChI is InChI=1S/C46H66N4O14/c1-25(2)35-29-19-27(5)37(43(53)39(29)31(41(51)45(35)55)21-47-49-23-33(61-15-11-57-7)62-16-12-58-8)38-28(6)20-30-36(26(3)4)46(56)42(52)32(40(30)44(38)54)22-48-50-24-34(63-17-13-59-9)64-18-14-60-10/h19-22,25-26,33-34,49-56H,11-18,23-24H2,1-10H3/b47-21+,48-22+. The van der Waals surface area contributed by atoms with Crippen molar-refractivity contribution in [3.8, 4) is 45.6 Å². The average Bonchev–Trinajstić information content (AvgIpc) is 3.24. The van der Waals surface area contributed by atoms with Gasteiger partial charge in [-0.15, -0.1) is 0 Å². The lowest BCUT2D eigenvalue weighted by Crippen LogP contribution is -2.31. The summed E-state index contributed by atoms with van der Waals surface area (Å²) in [6.07, 6.45) is 1.10. The van der Waals surface area contributed by atoms with Crippen LogP contribution in [0.4, 0.5) is 0 Å². The maximum Gasteiger partial charge on any atom is 0.176 e. The predicted molar refractivity (Wildman–Crippen MR) is 245 cm³/mol. The summed E-state index contributed by atoms with van der Waals surface area (Å²) in [5, 5.41) is 80.6. The molecule has 0 atom stereocenters. The molecule has 4 aromatic carbocycles. The molecule has 4 aromatic rings. The zero-order valence-corrected chi connectivity index (χ0v) is 38.5. The van der Waals surface area contributed by atoms with Crippen LogP contribution in [0.15, 0.2) is 22.3 Å². The normalized spacial score (nSPS) is 12.3. The largest absolute Gasteiger partial charge is 0.507 e. The number of aromatic hydroxyl groups is 6. The molecule has 4 rings (SSSR count). The molecule has 0 aromatic heterocycles. The van der Waals surface area contributed by atoms with E-state index in [-0.39, 0.29) is 107 Å². The van der Waals surface area contributed by atoms with E-state index in [9.17, 15) is 30.6 Å². The molecule has 18 nitrogen and oxygen atoms in total. The maximum absolute atomic E-state index is 12.5. The van der Waals surface area contributed by atoms with E-state index in [0.717, 1.165) is 0 Å². The van der Waals surface area contributed by atoms with Gasteiger partial charge in [0, 0.05) is 61.5 Å². The molecule has 0 radical (unpaired) electrons. The van der Waals surface area contributed by atoms with Gasteiger partial charge in [0.1, 0.15) is 11.5 Å². The van der Waals surface area contributed by atoms with Crippen molar-refractivity contribution in [3.05, 3.63) is 45.5 Å². The first-order chi connectivity index (χ1) is 30.7. The number of phenolic OH excluding ortho intramolecular Hbond substituents is 6. The van der Waals surface area contributed by atoms with Gasteiger partial charge in [-0.1, -0.05) is 39.8 Å². The van der Waals surface area contributed by atoms with Crippen LogP contribution in [-0.4, -0.2) is 150 Å². The summed E-state index contributed by atoms with van der Waals surface area (Å²) in [6, 6.07) is 3.55. The number of hydrazone groups is 2. The van der Waals surface area contributed by atoms with Gasteiger partial charge in [-0.25, -0.2) is 0 Å². The Hall–Kier alpha value is -5.18.